The summed E-state index contributed by atoms with van der Waals surface area (Å²) in [5, 5.41) is 17.8. The predicted octanol–water partition coefficient (Wildman–Crippen LogP) is -0.136. The molecule has 0 amide bonds. The van der Waals surface area contributed by atoms with Crippen molar-refractivity contribution in [3.63, 3.8) is 0 Å². The molecule has 59 valence electrons. The van der Waals surface area contributed by atoms with Crippen LogP contribution in [0.3, 0.4) is 0 Å². The van der Waals surface area contributed by atoms with E-state index in [4.69, 9.17) is 0 Å². The van der Waals surface area contributed by atoms with Crippen LogP contribution in [0.15, 0.2) is 11.5 Å². The van der Waals surface area contributed by atoms with Crippen molar-refractivity contribution in [2.75, 3.05) is 5.75 Å². The van der Waals surface area contributed by atoms with Crippen LogP contribution in [-0.2, 0) is 16.9 Å². The van der Waals surface area contributed by atoms with Gasteiger partial charge in [0.1, 0.15) is 12.1 Å². The van der Waals surface area contributed by atoms with E-state index < -0.39 is 5.97 Å². The van der Waals surface area contributed by atoms with E-state index in [1.165, 1.54) is 6.33 Å². The van der Waals surface area contributed by atoms with Gasteiger partial charge in [-0.05, 0) is 0 Å². The minimum Gasteiger partial charge on any atom is -0.312 e. The van der Waals surface area contributed by atoms with Gasteiger partial charge < -0.3 is 4.57 Å². The van der Waals surface area contributed by atoms with Crippen LogP contribution in [0.4, 0.5) is 0 Å². The van der Waals surface area contributed by atoms with Crippen LogP contribution < -0.4 is 0 Å². The van der Waals surface area contributed by atoms with Crippen molar-refractivity contribution in [1.29, 1.82) is 0 Å². The van der Waals surface area contributed by atoms with Crippen LogP contribution in [0.2, 0.25) is 0 Å². The highest BCUT2D eigenvalue weighted by atomic mass is 32.2. The third-order valence-corrected chi connectivity index (χ3v) is 2.00. The fourth-order valence-electron chi connectivity index (χ4n) is 0.527. The second kappa shape index (κ2) is 3.38. The van der Waals surface area contributed by atoms with E-state index in [1.807, 2.05) is 0 Å². The highest BCUT2D eigenvalue weighted by Crippen LogP contribution is 2.11. The Balaban J connectivity index is 2.51. The molecule has 6 heteroatoms. The lowest BCUT2D eigenvalue weighted by Gasteiger charge is -1.93. The Morgan fingerprint density at radius 3 is 3.00 bits per heavy atom. The molecule has 0 fully saturated rings. The minimum atomic E-state index is -1.10. The van der Waals surface area contributed by atoms with Gasteiger partial charge in [-0.1, -0.05) is 11.8 Å². The standard InChI is InChI=1S/C5H6N3O2S/c1-8-3-6-7-5(8)11-2-4(9)10/h3H,2H2,1H3. The first-order valence-electron chi connectivity index (χ1n) is 2.87. The summed E-state index contributed by atoms with van der Waals surface area (Å²) in [5.74, 6) is -1.19. The zero-order chi connectivity index (χ0) is 8.27. The van der Waals surface area contributed by atoms with Crippen LogP contribution in [0, 0.1) is 0 Å². The van der Waals surface area contributed by atoms with Crippen LogP contribution in [-0.4, -0.2) is 26.5 Å². The summed E-state index contributed by atoms with van der Waals surface area (Å²) >= 11 is 1.09. The van der Waals surface area contributed by atoms with Crippen molar-refractivity contribution in [2.45, 2.75) is 5.16 Å². The summed E-state index contributed by atoms with van der Waals surface area (Å²) in [6.45, 7) is 0. The molecule has 11 heavy (non-hydrogen) atoms. The summed E-state index contributed by atoms with van der Waals surface area (Å²) in [4.78, 5) is 10.0. The normalized spacial score (nSPS) is 9.91. The van der Waals surface area contributed by atoms with Gasteiger partial charge in [-0.3, -0.25) is 0 Å². The third kappa shape index (κ3) is 2.23. The largest absolute Gasteiger partial charge is 0.365 e. The minimum absolute atomic E-state index is 0.0907. The second-order valence-corrected chi connectivity index (χ2v) is 2.83. The summed E-state index contributed by atoms with van der Waals surface area (Å²) in [6, 6.07) is 0. The molecule has 0 aliphatic heterocycles. The average molecular weight is 172 g/mol. The Hall–Kier alpha value is -1.04. The Morgan fingerprint density at radius 1 is 1.82 bits per heavy atom. The lowest BCUT2D eigenvalue weighted by Crippen LogP contribution is -1.98. The number of hydrogen-bond donors (Lipinski definition) is 0. The second-order valence-electron chi connectivity index (χ2n) is 1.89. The van der Waals surface area contributed by atoms with Gasteiger partial charge in [0.15, 0.2) is 5.16 Å². The topological polar surface area (TPSA) is 67.7 Å². The highest BCUT2D eigenvalue weighted by Gasteiger charge is 2.05. The molecule has 0 atom stereocenters. The van der Waals surface area contributed by atoms with E-state index in [0.717, 1.165) is 11.8 Å². The number of carbonyl (C=O) groups is 1. The van der Waals surface area contributed by atoms with Crippen LogP contribution in [0.25, 0.3) is 0 Å². The molecule has 0 aliphatic rings. The highest BCUT2D eigenvalue weighted by molar-refractivity contribution is 7.99. The monoisotopic (exact) mass is 172 g/mol. The molecule has 0 saturated heterocycles. The molecule has 0 unspecified atom stereocenters. The first-order valence-corrected chi connectivity index (χ1v) is 3.85. The van der Waals surface area contributed by atoms with Gasteiger partial charge in [-0.15, -0.1) is 10.2 Å². The van der Waals surface area contributed by atoms with E-state index in [-0.39, 0.29) is 5.75 Å². The van der Waals surface area contributed by atoms with Gasteiger partial charge in [0.05, 0.1) is 0 Å². The lowest BCUT2D eigenvalue weighted by atomic mass is 10.8. The fraction of sp³-hybridized carbons (Fsp3) is 0.400. The van der Waals surface area contributed by atoms with E-state index >= 15 is 0 Å². The molecule has 1 rings (SSSR count). The SMILES string of the molecule is Cn1cnnc1SCC([O])=O. The zero-order valence-corrected chi connectivity index (χ0v) is 6.67. The molecule has 1 radical (unpaired) electrons. The summed E-state index contributed by atoms with van der Waals surface area (Å²) in [6.07, 6.45) is 1.51. The zero-order valence-electron chi connectivity index (χ0n) is 5.85. The molecule has 0 bridgehead atoms. The number of carbonyl (C=O) groups excluding carboxylic acids is 1. The van der Waals surface area contributed by atoms with Crippen molar-refractivity contribution in [1.82, 2.24) is 14.8 Å². The maximum atomic E-state index is 10.0. The Morgan fingerprint density at radius 2 is 2.55 bits per heavy atom. The Kier molecular flexibility index (Phi) is 2.48. The average Bonchev–Trinajstić information content (AvgIpc) is 2.31. The predicted molar refractivity (Wildman–Crippen MR) is 37.4 cm³/mol. The van der Waals surface area contributed by atoms with Gasteiger partial charge in [0.2, 0.25) is 0 Å². The molecule has 1 heterocycles. The molecule has 0 aromatic carbocycles. The fourth-order valence-corrected chi connectivity index (χ4v) is 1.13. The van der Waals surface area contributed by atoms with Crippen LogP contribution >= 0.6 is 11.8 Å². The number of aromatic nitrogens is 3. The molecular weight excluding hydrogens is 166 g/mol. The first-order chi connectivity index (χ1) is 5.20. The van der Waals surface area contributed by atoms with Gasteiger partial charge in [-0.25, -0.2) is 9.90 Å². The summed E-state index contributed by atoms with van der Waals surface area (Å²) < 4.78 is 1.65. The van der Waals surface area contributed by atoms with Crippen LogP contribution in [0.1, 0.15) is 0 Å². The molecule has 5 nitrogen and oxygen atoms in total. The number of thioether (sulfide) groups is 1. The van der Waals surface area contributed by atoms with Gasteiger partial charge in [-0.2, -0.15) is 0 Å². The van der Waals surface area contributed by atoms with E-state index in [2.05, 4.69) is 10.2 Å². The van der Waals surface area contributed by atoms with Crippen molar-refractivity contribution >= 4 is 17.7 Å². The first kappa shape index (κ1) is 8.06. The maximum Gasteiger partial charge on any atom is 0.365 e. The summed E-state index contributed by atoms with van der Waals surface area (Å²) in [7, 11) is 1.75. The van der Waals surface area contributed by atoms with E-state index in [9.17, 15) is 9.90 Å². The van der Waals surface area contributed by atoms with Gasteiger partial charge >= 0.3 is 5.97 Å². The maximum absolute atomic E-state index is 10.0. The molecular formula is C5H6N3O2S. The van der Waals surface area contributed by atoms with E-state index in [1.54, 1.807) is 11.6 Å². The number of aryl methyl sites for hydroxylation is 1. The van der Waals surface area contributed by atoms with Crippen molar-refractivity contribution in [3.8, 4) is 0 Å². The van der Waals surface area contributed by atoms with E-state index in [0.29, 0.717) is 5.16 Å². The quantitative estimate of drug-likeness (QED) is 0.595. The Bertz CT molecular complexity index is 260. The lowest BCUT2D eigenvalue weighted by molar-refractivity contribution is -0.139. The molecule has 1 aromatic rings. The van der Waals surface area contributed by atoms with Gasteiger partial charge in [0.25, 0.3) is 0 Å². The van der Waals surface area contributed by atoms with Crippen molar-refractivity contribution in [3.05, 3.63) is 6.33 Å². The van der Waals surface area contributed by atoms with Crippen molar-refractivity contribution in [2.24, 2.45) is 7.05 Å². The number of nitrogens with zero attached hydrogens (tertiary/aromatic N) is 3. The third-order valence-electron chi connectivity index (χ3n) is 0.989. The van der Waals surface area contributed by atoms with Crippen LogP contribution in [0.5, 0.6) is 0 Å². The molecule has 0 saturated carbocycles. The molecule has 0 N–H and O–H groups in total. The molecule has 1 aromatic heterocycles. The summed E-state index contributed by atoms with van der Waals surface area (Å²) in [5.41, 5.74) is 0. The molecule has 0 aliphatic carbocycles. The van der Waals surface area contributed by atoms with Crippen molar-refractivity contribution < 1.29 is 9.90 Å². The number of hydrogen-bond acceptors (Lipinski definition) is 4. The molecule has 0 spiro atoms. The number of rotatable bonds is 3. The van der Waals surface area contributed by atoms with Gasteiger partial charge in [0, 0.05) is 7.05 Å². The Labute approximate surface area is 67.4 Å². The smallest absolute Gasteiger partial charge is 0.312 e.